The van der Waals surface area contributed by atoms with Crippen molar-refractivity contribution in [3.63, 3.8) is 0 Å². The number of phenolic OH excluding ortho intramolecular Hbond substituents is 1. The highest BCUT2D eigenvalue weighted by Crippen LogP contribution is 2.17. The van der Waals surface area contributed by atoms with E-state index in [1.54, 1.807) is 36.4 Å². The second-order valence-corrected chi connectivity index (χ2v) is 7.02. The first-order valence-corrected chi connectivity index (χ1v) is 9.19. The highest BCUT2D eigenvalue weighted by molar-refractivity contribution is 7.15. The van der Waals surface area contributed by atoms with Crippen LogP contribution in [0.2, 0.25) is 5.02 Å². The van der Waals surface area contributed by atoms with Gasteiger partial charge >= 0.3 is 0 Å². The lowest BCUT2D eigenvalue weighted by atomic mass is 10.2. The van der Waals surface area contributed by atoms with Crippen LogP contribution in [0.4, 0.5) is 5.13 Å². The zero-order valence-electron chi connectivity index (χ0n) is 14.3. The Balaban J connectivity index is 1.50. The predicted octanol–water partition coefficient (Wildman–Crippen LogP) is 2.84. The van der Waals surface area contributed by atoms with E-state index in [1.165, 1.54) is 18.3 Å². The van der Waals surface area contributed by atoms with Gasteiger partial charge in [0.1, 0.15) is 10.8 Å². The zero-order chi connectivity index (χ0) is 19.9. The predicted molar refractivity (Wildman–Crippen MR) is 107 cm³/mol. The maximum absolute atomic E-state index is 12.1. The number of nitrogens with one attached hydrogen (secondary N) is 2. The first-order chi connectivity index (χ1) is 13.5. The molecule has 0 aliphatic heterocycles. The molecular formula is C18H14ClN5O3S. The quantitative estimate of drug-likeness (QED) is 0.422. The maximum atomic E-state index is 12.1. The van der Waals surface area contributed by atoms with Gasteiger partial charge in [-0.15, -0.1) is 10.2 Å². The number of hydrogen-bond donors (Lipinski definition) is 3. The highest BCUT2D eigenvalue weighted by Gasteiger charge is 2.12. The highest BCUT2D eigenvalue weighted by atomic mass is 35.5. The first-order valence-electron chi connectivity index (χ1n) is 8.00. The molecule has 8 nitrogen and oxygen atoms in total. The van der Waals surface area contributed by atoms with Gasteiger partial charge in [-0.05, 0) is 54.1 Å². The minimum absolute atomic E-state index is 0.0264. The molecule has 0 saturated carbocycles. The molecule has 1 heterocycles. The van der Waals surface area contributed by atoms with Gasteiger partial charge in [0.15, 0.2) is 0 Å². The number of phenols is 1. The van der Waals surface area contributed by atoms with Crippen molar-refractivity contribution in [1.82, 2.24) is 15.6 Å². The fourth-order valence-electron chi connectivity index (χ4n) is 2.06. The molecule has 3 aromatic rings. The molecule has 2 aromatic carbocycles. The van der Waals surface area contributed by atoms with E-state index < -0.39 is 0 Å². The van der Waals surface area contributed by atoms with Gasteiger partial charge in [0, 0.05) is 10.6 Å². The van der Waals surface area contributed by atoms with Gasteiger partial charge in [0.2, 0.25) is 11.0 Å². The molecule has 0 saturated heterocycles. The molecule has 2 amide bonds. The summed E-state index contributed by atoms with van der Waals surface area (Å²) in [7, 11) is 0. The molecule has 0 fully saturated rings. The average molecular weight is 416 g/mol. The van der Waals surface area contributed by atoms with Crippen LogP contribution in [-0.4, -0.2) is 33.3 Å². The lowest BCUT2D eigenvalue weighted by molar-refractivity contribution is -0.120. The Morgan fingerprint density at radius 2 is 1.82 bits per heavy atom. The number of aromatic nitrogens is 2. The van der Waals surface area contributed by atoms with E-state index in [1.807, 2.05) is 0 Å². The van der Waals surface area contributed by atoms with E-state index in [9.17, 15) is 14.7 Å². The van der Waals surface area contributed by atoms with Crippen LogP contribution in [0.1, 0.15) is 20.9 Å². The standard InChI is InChI=1S/C18H14ClN5O3S/c19-13-5-3-12(4-6-13)17(27)21-18-24-23-16(28-18)9-15(26)22-20-10-11-1-7-14(25)8-2-11/h1-8,10,25H,9H2,(H,22,26)(H,21,24,27)/b20-10+. The Hall–Kier alpha value is -3.30. The summed E-state index contributed by atoms with van der Waals surface area (Å²) >= 11 is 6.89. The summed E-state index contributed by atoms with van der Waals surface area (Å²) < 4.78 is 0. The third-order valence-corrected chi connectivity index (χ3v) is 4.49. The van der Waals surface area contributed by atoms with E-state index in [2.05, 4.69) is 26.0 Å². The molecule has 0 bridgehead atoms. The molecule has 0 spiro atoms. The minimum atomic E-state index is -0.373. The van der Waals surface area contributed by atoms with Crippen LogP contribution in [0, 0.1) is 0 Å². The van der Waals surface area contributed by atoms with Crippen molar-refractivity contribution < 1.29 is 14.7 Å². The van der Waals surface area contributed by atoms with Crippen molar-refractivity contribution in [3.05, 3.63) is 69.7 Å². The van der Waals surface area contributed by atoms with Crippen LogP contribution >= 0.6 is 22.9 Å². The van der Waals surface area contributed by atoms with Crippen LogP contribution in [-0.2, 0) is 11.2 Å². The van der Waals surface area contributed by atoms with Crippen molar-refractivity contribution in [2.24, 2.45) is 5.10 Å². The summed E-state index contributed by atoms with van der Waals surface area (Å²) in [5, 5.41) is 24.7. The number of anilines is 1. The number of hydrazone groups is 1. The van der Waals surface area contributed by atoms with Gasteiger partial charge in [-0.2, -0.15) is 5.10 Å². The molecule has 0 radical (unpaired) electrons. The molecule has 0 aliphatic carbocycles. The molecule has 3 N–H and O–H groups in total. The summed E-state index contributed by atoms with van der Waals surface area (Å²) in [5.74, 6) is -0.569. The van der Waals surface area contributed by atoms with E-state index in [4.69, 9.17) is 11.6 Å². The third kappa shape index (κ3) is 5.60. The van der Waals surface area contributed by atoms with Gasteiger partial charge in [-0.25, -0.2) is 5.43 Å². The number of hydrogen-bond acceptors (Lipinski definition) is 7. The minimum Gasteiger partial charge on any atom is -0.508 e. The molecule has 0 atom stereocenters. The molecule has 0 aliphatic rings. The Kier molecular flexibility index (Phi) is 6.30. The van der Waals surface area contributed by atoms with Gasteiger partial charge in [0.25, 0.3) is 5.91 Å². The number of carbonyl (C=O) groups is 2. The van der Waals surface area contributed by atoms with Crippen LogP contribution in [0.5, 0.6) is 5.75 Å². The van der Waals surface area contributed by atoms with Crippen molar-refractivity contribution in [2.45, 2.75) is 6.42 Å². The SMILES string of the molecule is O=C(Cc1nnc(NC(=O)c2ccc(Cl)cc2)s1)N/N=C/c1ccc(O)cc1. The van der Waals surface area contributed by atoms with Crippen molar-refractivity contribution >= 4 is 46.1 Å². The molecule has 0 unspecified atom stereocenters. The second-order valence-electron chi connectivity index (χ2n) is 5.52. The monoisotopic (exact) mass is 415 g/mol. The van der Waals surface area contributed by atoms with E-state index in [-0.39, 0.29) is 29.1 Å². The Morgan fingerprint density at radius 3 is 2.54 bits per heavy atom. The Morgan fingerprint density at radius 1 is 1.11 bits per heavy atom. The Labute approximate surface area is 168 Å². The van der Waals surface area contributed by atoms with Gasteiger partial charge in [0.05, 0.1) is 12.6 Å². The van der Waals surface area contributed by atoms with Gasteiger partial charge < -0.3 is 5.11 Å². The van der Waals surface area contributed by atoms with E-state index in [0.29, 0.717) is 15.6 Å². The summed E-state index contributed by atoms with van der Waals surface area (Å²) in [5.41, 5.74) is 3.54. The number of rotatable bonds is 6. The third-order valence-electron chi connectivity index (χ3n) is 3.40. The number of nitrogens with zero attached hydrogens (tertiary/aromatic N) is 3. The summed E-state index contributed by atoms with van der Waals surface area (Å²) in [6.45, 7) is 0. The molecule has 28 heavy (non-hydrogen) atoms. The topological polar surface area (TPSA) is 117 Å². The zero-order valence-corrected chi connectivity index (χ0v) is 15.9. The van der Waals surface area contributed by atoms with Crippen molar-refractivity contribution in [1.29, 1.82) is 0 Å². The largest absolute Gasteiger partial charge is 0.508 e. The Bertz CT molecular complexity index is 1000. The fourth-order valence-corrected chi connectivity index (χ4v) is 2.92. The lowest BCUT2D eigenvalue weighted by Crippen LogP contribution is -2.19. The number of halogens is 1. The number of carbonyl (C=O) groups excluding carboxylic acids is 2. The number of amides is 2. The van der Waals surface area contributed by atoms with Crippen LogP contribution in [0.25, 0.3) is 0 Å². The normalized spacial score (nSPS) is 10.8. The summed E-state index contributed by atoms with van der Waals surface area (Å²) in [6.07, 6.45) is 1.43. The maximum Gasteiger partial charge on any atom is 0.257 e. The smallest absolute Gasteiger partial charge is 0.257 e. The van der Waals surface area contributed by atoms with Crippen LogP contribution < -0.4 is 10.7 Å². The molecule has 1 aromatic heterocycles. The van der Waals surface area contributed by atoms with Crippen molar-refractivity contribution in [2.75, 3.05) is 5.32 Å². The van der Waals surface area contributed by atoms with Crippen molar-refractivity contribution in [3.8, 4) is 5.75 Å². The van der Waals surface area contributed by atoms with Gasteiger partial charge in [-0.1, -0.05) is 22.9 Å². The van der Waals surface area contributed by atoms with Crippen LogP contribution in [0.3, 0.4) is 0 Å². The second kappa shape index (κ2) is 9.07. The fraction of sp³-hybridized carbons (Fsp3) is 0.0556. The van der Waals surface area contributed by atoms with Crippen LogP contribution in [0.15, 0.2) is 53.6 Å². The number of benzene rings is 2. The average Bonchev–Trinajstić information content (AvgIpc) is 3.10. The van der Waals surface area contributed by atoms with E-state index >= 15 is 0 Å². The lowest BCUT2D eigenvalue weighted by Gasteiger charge is -2.00. The molecule has 142 valence electrons. The molecular weight excluding hydrogens is 402 g/mol. The molecule has 10 heteroatoms. The molecule has 3 rings (SSSR count). The van der Waals surface area contributed by atoms with Gasteiger partial charge in [-0.3, -0.25) is 14.9 Å². The number of aromatic hydroxyl groups is 1. The van der Waals surface area contributed by atoms with E-state index in [0.717, 1.165) is 16.9 Å². The summed E-state index contributed by atoms with van der Waals surface area (Å²) in [6, 6.07) is 12.8. The first kappa shape index (κ1) is 19.5. The summed E-state index contributed by atoms with van der Waals surface area (Å²) in [4.78, 5) is 24.0.